The molecular weight excluding hydrogens is 328 g/mol. The number of pyridine rings is 1. The summed E-state index contributed by atoms with van der Waals surface area (Å²) < 4.78 is 2.06. The zero-order valence-corrected chi connectivity index (χ0v) is 15.7. The van der Waals surface area contributed by atoms with Gasteiger partial charge < -0.3 is 10.0 Å². The number of aliphatic hydroxyl groups excluding tert-OH is 1. The number of aliphatic hydroxyl groups is 1. The number of carbonyl (C=O) groups is 1. The van der Waals surface area contributed by atoms with Crippen LogP contribution in [0.2, 0.25) is 0 Å². The zero-order valence-electron chi connectivity index (χ0n) is 15.7. The molecule has 2 saturated carbocycles. The van der Waals surface area contributed by atoms with Crippen molar-refractivity contribution >= 4 is 16.9 Å². The molecule has 0 aromatic carbocycles. The van der Waals surface area contributed by atoms with E-state index in [4.69, 9.17) is 4.98 Å². The molecule has 0 saturated heterocycles. The summed E-state index contributed by atoms with van der Waals surface area (Å²) in [5.74, 6) is 0.408. The van der Waals surface area contributed by atoms with Gasteiger partial charge in [-0.25, -0.2) is 9.67 Å². The van der Waals surface area contributed by atoms with E-state index in [1.54, 1.807) is 18.1 Å². The molecule has 0 radical (unpaired) electrons. The lowest BCUT2D eigenvalue weighted by molar-refractivity contribution is 0.0684. The highest BCUT2D eigenvalue weighted by atomic mass is 16.3. The van der Waals surface area contributed by atoms with Gasteiger partial charge in [-0.15, -0.1) is 0 Å². The zero-order chi connectivity index (χ0) is 18.3. The molecule has 1 amide bonds. The van der Waals surface area contributed by atoms with E-state index in [9.17, 15) is 9.90 Å². The first-order chi connectivity index (χ1) is 12.6. The predicted octanol–water partition coefficient (Wildman–Crippen LogP) is 3.27. The molecule has 2 aliphatic rings. The lowest BCUT2D eigenvalue weighted by Crippen LogP contribution is -2.37. The van der Waals surface area contributed by atoms with Gasteiger partial charge in [0.25, 0.3) is 5.91 Å². The second-order valence-corrected chi connectivity index (χ2v) is 7.93. The molecule has 4 rings (SSSR count). The number of carbonyl (C=O) groups excluding carboxylic acids is 1. The molecule has 1 atom stereocenters. The number of nitrogens with zero attached hydrogens (tertiary/aromatic N) is 4. The Kier molecular flexibility index (Phi) is 4.69. The van der Waals surface area contributed by atoms with Crippen LogP contribution in [0.25, 0.3) is 11.0 Å². The minimum atomic E-state index is -0.219. The second kappa shape index (κ2) is 6.99. The van der Waals surface area contributed by atoms with Gasteiger partial charge in [0.2, 0.25) is 0 Å². The summed E-state index contributed by atoms with van der Waals surface area (Å²) in [5.41, 5.74) is 2.54. The first-order valence-corrected chi connectivity index (χ1v) is 9.86. The summed E-state index contributed by atoms with van der Waals surface area (Å²) in [5, 5.41) is 14.9. The molecular formula is C20H28N4O2. The fourth-order valence-corrected chi connectivity index (χ4v) is 3.91. The highest BCUT2D eigenvalue weighted by molar-refractivity contribution is 6.05. The Morgan fingerprint density at radius 2 is 2.04 bits per heavy atom. The van der Waals surface area contributed by atoms with E-state index in [1.807, 2.05) is 13.0 Å². The van der Waals surface area contributed by atoms with Crippen molar-refractivity contribution in [1.82, 2.24) is 19.7 Å². The van der Waals surface area contributed by atoms with E-state index < -0.39 is 0 Å². The van der Waals surface area contributed by atoms with E-state index >= 15 is 0 Å². The van der Waals surface area contributed by atoms with Gasteiger partial charge in [0, 0.05) is 18.7 Å². The number of amides is 1. The van der Waals surface area contributed by atoms with E-state index in [1.165, 1.54) is 19.3 Å². The van der Waals surface area contributed by atoms with Gasteiger partial charge in [-0.1, -0.05) is 19.3 Å². The maximum atomic E-state index is 13.1. The molecule has 2 aromatic heterocycles. The molecule has 26 heavy (non-hydrogen) atoms. The maximum absolute atomic E-state index is 13.1. The Bertz CT molecular complexity index is 805. The third-order valence-electron chi connectivity index (χ3n) is 5.98. The van der Waals surface area contributed by atoms with Gasteiger partial charge in [-0.3, -0.25) is 4.79 Å². The highest BCUT2D eigenvalue weighted by Crippen LogP contribution is 2.41. The van der Waals surface area contributed by atoms with Crippen molar-refractivity contribution < 1.29 is 9.90 Å². The van der Waals surface area contributed by atoms with Crippen molar-refractivity contribution in [2.24, 2.45) is 0 Å². The van der Waals surface area contributed by atoms with Crippen LogP contribution in [0.15, 0.2) is 12.3 Å². The SMILES string of the molecule is C[C@@H](CO)N(C)C(=O)c1cc(C2CC2)nc2c1cnn2C1CCCCC1. The van der Waals surface area contributed by atoms with Crippen molar-refractivity contribution in [2.75, 3.05) is 13.7 Å². The standard InChI is InChI=1S/C20H28N4O2/c1-13(12-25)23(2)20(26)16-10-18(14-8-9-14)22-19-17(16)11-21-24(19)15-6-4-3-5-7-15/h10-11,13-15,25H,3-9,12H2,1-2H3/t13-/m0/s1. The van der Waals surface area contributed by atoms with E-state index in [0.717, 1.165) is 42.4 Å². The summed E-state index contributed by atoms with van der Waals surface area (Å²) in [6, 6.07) is 2.12. The number of likely N-dealkylation sites (N-methyl/N-ethyl adjacent to an activating group) is 1. The van der Waals surface area contributed by atoms with Gasteiger partial charge >= 0.3 is 0 Å². The van der Waals surface area contributed by atoms with Crippen LogP contribution in [0.4, 0.5) is 0 Å². The number of hydrogen-bond acceptors (Lipinski definition) is 4. The summed E-state index contributed by atoms with van der Waals surface area (Å²) in [4.78, 5) is 19.6. The Balaban J connectivity index is 1.79. The van der Waals surface area contributed by atoms with Crippen molar-refractivity contribution in [3.63, 3.8) is 0 Å². The molecule has 2 fully saturated rings. The van der Waals surface area contributed by atoms with Crippen LogP contribution >= 0.6 is 0 Å². The fourth-order valence-electron chi connectivity index (χ4n) is 3.91. The molecule has 0 spiro atoms. The van der Waals surface area contributed by atoms with E-state index in [2.05, 4.69) is 9.78 Å². The number of aromatic nitrogens is 3. The van der Waals surface area contributed by atoms with Crippen molar-refractivity contribution in [3.8, 4) is 0 Å². The number of rotatable bonds is 5. The van der Waals surface area contributed by atoms with Crippen LogP contribution < -0.4 is 0 Å². The minimum absolute atomic E-state index is 0.0483. The minimum Gasteiger partial charge on any atom is -0.394 e. The van der Waals surface area contributed by atoms with Crippen molar-refractivity contribution in [2.45, 2.75) is 69.9 Å². The molecule has 2 aliphatic carbocycles. The average Bonchev–Trinajstić information content (AvgIpc) is 3.45. The van der Waals surface area contributed by atoms with Crippen molar-refractivity contribution in [1.29, 1.82) is 0 Å². The third kappa shape index (κ3) is 3.11. The first kappa shape index (κ1) is 17.5. The topological polar surface area (TPSA) is 71.2 Å². The van der Waals surface area contributed by atoms with Gasteiger partial charge in [0.1, 0.15) is 0 Å². The molecule has 2 aromatic rings. The Morgan fingerprint density at radius 1 is 1.31 bits per heavy atom. The lowest BCUT2D eigenvalue weighted by Gasteiger charge is -2.24. The van der Waals surface area contributed by atoms with Crippen LogP contribution in [0.3, 0.4) is 0 Å². The molecule has 1 N–H and O–H groups in total. The largest absolute Gasteiger partial charge is 0.394 e. The number of fused-ring (bicyclic) bond motifs is 1. The number of hydrogen-bond donors (Lipinski definition) is 1. The van der Waals surface area contributed by atoms with Crippen molar-refractivity contribution in [3.05, 3.63) is 23.5 Å². The Labute approximate surface area is 154 Å². The Morgan fingerprint density at radius 3 is 2.69 bits per heavy atom. The first-order valence-electron chi connectivity index (χ1n) is 9.86. The summed E-state index contributed by atoms with van der Waals surface area (Å²) >= 11 is 0. The molecule has 6 heteroatoms. The molecule has 0 unspecified atom stereocenters. The molecule has 140 valence electrons. The average molecular weight is 356 g/mol. The monoisotopic (exact) mass is 356 g/mol. The van der Waals surface area contributed by atoms with E-state index in [-0.39, 0.29) is 18.6 Å². The van der Waals surface area contributed by atoms with Gasteiger partial charge in [0.05, 0.1) is 35.8 Å². The predicted molar refractivity (Wildman–Crippen MR) is 100 cm³/mol. The summed E-state index contributed by atoms with van der Waals surface area (Å²) in [6.07, 6.45) is 10.1. The normalized spacial score (nSPS) is 19.7. The molecule has 2 heterocycles. The fraction of sp³-hybridized carbons (Fsp3) is 0.650. The third-order valence-corrected chi connectivity index (χ3v) is 5.98. The summed E-state index contributed by atoms with van der Waals surface area (Å²) in [6.45, 7) is 1.80. The maximum Gasteiger partial charge on any atom is 0.254 e. The van der Waals surface area contributed by atoms with Crippen LogP contribution in [-0.4, -0.2) is 50.4 Å². The van der Waals surface area contributed by atoms with Crippen LogP contribution in [0.5, 0.6) is 0 Å². The van der Waals surface area contributed by atoms with E-state index in [0.29, 0.717) is 17.5 Å². The van der Waals surface area contributed by atoms with Crippen LogP contribution in [0.1, 0.15) is 79.9 Å². The van der Waals surface area contributed by atoms with Crippen LogP contribution in [0, 0.1) is 0 Å². The van der Waals surface area contributed by atoms with Gasteiger partial charge in [0.15, 0.2) is 5.65 Å². The quantitative estimate of drug-likeness (QED) is 0.892. The second-order valence-electron chi connectivity index (χ2n) is 7.93. The summed E-state index contributed by atoms with van der Waals surface area (Å²) in [7, 11) is 1.75. The van der Waals surface area contributed by atoms with Gasteiger partial charge in [-0.05, 0) is 38.7 Å². The molecule has 6 nitrogen and oxygen atoms in total. The Hall–Kier alpha value is -1.95. The van der Waals surface area contributed by atoms with Gasteiger partial charge in [-0.2, -0.15) is 5.10 Å². The molecule has 0 bridgehead atoms. The smallest absolute Gasteiger partial charge is 0.254 e. The molecule has 0 aliphatic heterocycles. The lowest BCUT2D eigenvalue weighted by atomic mass is 9.95. The highest BCUT2D eigenvalue weighted by Gasteiger charge is 2.30. The van der Waals surface area contributed by atoms with Crippen LogP contribution in [-0.2, 0) is 0 Å².